The maximum Gasteiger partial charge on any atom is 0.312 e. The average molecular weight is 338 g/mol. The summed E-state index contributed by atoms with van der Waals surface area (Å²) < 4.78 is 11.9. The van der Waals surface area contributed by atoms with Gasteiger partial charge >= 0.3 is 5.97 Å². The van der Waals surface area contributed by atoms with Gasteiger partial charge in [0.1, 0.15) is 11.4 Å². The third kappa shape index (κ3) is 3.82. The largest absolute Gasteiger partial charge is 0.497 e. The van der Waals surface area contributed by atoms with Crippen LogP contribution < -0.4 is 4.74 Å². The first-order chi connectivity index (χ1) is 12.2. The predicted octanol–water partition coefficient (Wildman–Crippen LogP) is 3.86. The molecule has 0 aliphatic carbocycles. The number of hydrogen-bond donors (Lipinski definition) is 0. The maximum absolute atomic E-state index is 11.8. The van der Waals surface area contributed by atoms with Crippen molar-refractivity contribution < 1.29 is 14.3 Å². The first-order valence-corrected chi connectivity index (χ1v) is 7.88. The monoisotopic (exact) mass is 338 g/mol. The molecule has 0 fully saturated rings. The number of esters is 1. The van der Waals surface area contributed by atoms with Crippen molar-refractivity contribution in [3.05, 3.63) is 54.4 Å². The van der Waals surface area contributed by atoms with Crippen LogP contribution in [0.25, 0.3) is 5.65 Å². The molecule has 0 amide bonds. The summed E-state index contributed by atoms with van der Waals surface area (Å²) in [4.78, 5) is 16.3. The van der Waals surface area contributed by atoms with Gasteiger partial charge in [0.15, 0.2) is 5.82 Å². The molecule has 1 aromatic carbocycles. The molecule has 0 saturated carbocycles. The van der Waals surface area contributed by atoms with Gasteiger partial charge in [-0.3, -0.25) is 9.20 Å². The molecular weight excluding hydrogens is 320 g/mol. The molecule has 0 unspecified atom stereocenters. The number of azo groups is 1. The van der Waals surface area contributed by atoms with Crippen LogP contribution in [0.3, 0.4) is 0 Å². The fraction of sp³-hybridized carbons (Fsp3) is 0.222. The van der Waals surface area contributed by atoms with Gasteiger partial charge in [-0.2, -0.15) is 0 Å². The van der Waals surface area contributed by atoms with E-state index < -0.39 is 0 Å². The molecule has 0 spiro atoms. The first-order valence-electron chi connectivity index (χ1n) is 7.88. The van der Waals surface area contributed by atoms with Crippen molar-refractivity contribution in [3.8, 4) is 5.75 Å². The van der Waals surface area contributed by atoms with Crippen molar-refractivity contribution in [2.45, 2.75) is 13.3 Å². The molecule has 0 atom stereocenters. The van der Waals surface area contributed by atoms with E-state index in [1.165, 1.54) is 0 Å². The summed E-state index contributed by atoms with van der Waals surface area (Å²) in [6, 6.07) is 12.8. The lowest BCUT2D eigenvalue weighted by molar-refractivity contribution is -0.142. The summed E-state index contributed by atoms with van der Waals surface area (Å²) in [5.41, 5.74) is 1.90. The Morgan fingerprint density at radius 1 is 1.16 bits per heavy atom. The Balaban J connectivity index is 1.94. The van der Waals surface area contributed by atoms with Crippen LogP contribution in [0.2, 0.25) is 0 Å². The molecule has 0 saturated heterocycles. The van der Waals surface area contributed by atoms with Gasteiger partial charge in [-0.15, -0.1) is 10.2 Å². The lowest BCUT2D eigenvalue weighted by atomic mass is 10.3. The minimum atomic E-state index is -0.341. The fourth-order valence-electron chi connectivity index (χ4n) is 2.36. The normalized spacial score (nSPS) is 11.1. The van der Waals surface area contributed by atoms with E-state index in [9.17, 15) is 4.79 Å². The summed E-state index contributed by atoms with van der Waals surface area (Å²) in [5, 5.41) is 8.55. The van der Waals surface area contributed by atoms with E-state index in [0.29, 0.717) is 29.5 Å². The van der Waals surface area contributed by atoms with Gasteiger partial charge in [0.25, 0.3) is 0 Å². The van der Waals surface area contributed by atoms with Gasteiger partial charge in [0.05, 0.1) is 31.5 Å². The Bertz CT molecular complexity index is 900. The van der Waals surface area contributed by atoms with Crippen molar-refractivity contribution in [1.82, 2.24) is 9.38 Å². The molecular formula is C18H18N4O3. The van der Waals surface area contributed by atoms with E-state index in [-0.39, 0.29) is 12.4 Å². The maximum atomic E-state index is 11.8. The van der Waals surface area contributed by atoms with Crippen LogP contribution in [0.15, 0.2) is 58.9 Å². The van der Waals surface area contributed by atoms with Gasteiger partial charge in [-0.25, -0.2) is 4.98 Å². The number of rotatable bonds is 6. The molecule has 2 heterocycles. The second kappa shape index (κ2) is 7.57. The zero-order chi connectivity index (χ0) is 17.6. The van der Waals surface area contributed by atoms with E-state index >= 15 is 0 Å². The first kappa shape index (κ1) is 16.6. The van der Waals surface area contributed by atoms with Gasteiger partial charge < -0.3 is 9.47 Å². The topological polar surface area (TPSA) is 77.5 Å². The number of methoxy groups -OCH3 is 1. The molecule has 2 aromatic heterocycles. The molecule has 3 aromatic rings. The molecule has 3 rings (SSSR count). The SMILES string of the molecule is CCOC(=O)Cc1nc2ccccn2c1N=Nc1ccc(OC)cc1. The number of nitrogens with zero attached hydrogens (tertiary/aromatic N) is 4. The van der Waals surface area contributed by atoms with Crippen LogP contribution in [0, 0.1) is 0 Å². The quantitative estimate of drug-likeness (QED) is 0.505. The lowest BCUT2D eigenvalue weighted by Gasteiger charge is -2.01. The Morgan fingerprint density at radius 2 is 1.96 bits per heavy atom. The molecule has 7 nitrogen and oxygen atoms in total. The number of ether oxygens (including phenoxy) is 2. The summed E-state index contributed by atoms with van der Waals surface area (Å²) >= 11 is 0. The molecule has 128 valence electrons. The molecule has 7 heteroatoms. The number of fused-ring (bicyclic) bond motifs is 1. The summed E-state index contributed by atoms with van der Waals surface area (Å²) in [7, 11) is 1.61. The van der Waals surface area contributed by atoms with Crippen LogP contribution in [-0.2, 0) is 16.0 Å². The van der Waals surface area contributed by atoms with Crippen molar-refractivity contribution in [2.24, 2.45) is 10.2 Å². The minimum absolute atomic E-state index is 0.0481. The van der Waals surface area contributed by atoms with Gasteiger partial charge in [0, 0.05) is 6.20 Å². The zero-order valence-electron chi connectivity index (χ0n) is 14.0. The molecule has 0 aliphatic heterocycles. The highest BCUT2D eigenvalue weighted by atomic mass is 16.5. The minimum Gasteiger partial charge on any atom is -0.497 e. The van der Waals surface area contributed by atoms with E-state index in [4.69, 9.17) is 9.47 Å². The molecule has 25 heavy (non-hydrogen) atoms. The van der Waals surface area contributed by atoms with Crippen molar-refractivity contribution >= 4 is 23.1 Å². The summed E-state index contributed by atoms with van der Waals surface area (Å²) in [6.45, 7) is 2.10. The van der Waals surface area contributed by atoms with E-state index in [1.54, 1.807) is 30.6 Å². The van der Waals surface area contributed by atoms with Crippen molar-refractivity contribution in [1.29, 1.82) is 0 Å². The smallest absolute Gasteiger partial charge is 0.312 e. The molecule has 0 aliphatic rings. The summed E-state index contributed by atoms with van der Waals surface area (Å²) in [5.74, 6) is 0.919. The number of hydrogen-bond acceptors (Lipinski definition) is 6. The number of carbonyl (C=O) groups excluding carboxylic acids is 1. The van der Waals surface area contributed by atoms with Crippen LogP contribution in [0.5, 0.6) is 5.75 Å². The number of imidazole rings is 1. The Hall–Kier alpha value is -3.22. The number of carbonyl (C=O) groups is 1. The molecule has 0 bridgehead atoms. The van der Waals surface area contributed by atoms with Gasteiger partial charge in [-0.05, 0) is 43.3 Å². The number of pyridine rings is 1. The molecule has 0 radical (unpaired) electrons. The Morgan fingerprint density at radius 3 is 2.68 bits per heavy atom. The highest BCUT2D eigenvalue weighted by Gasteiger charge is 2.15. The van der Waals surface area contributed by atoms with Crippen molar-refractivity contribution in [2.75, 3.05) is 13.7 Å². The van der Waals surface area contributed by atoms with E-state index in [0.717, 1.165) is 5.75 Å². The third-order valence-electron chi connectivity index (χ3n) is 3.52. The standard InChI is InChI=1S/C18H18N4O3/c1-3-25-17(23)12-15-18(22-11-5-4-6-16(22)19-15)21-20-13-7-9-14(24-2)10-8-13/h4-11H,3,12H2,1-2H3. The Labute approximate surface area is 144 Å². The highest BCUT2D eigenvalue weighted by Crippen LogP contribution is 2.25. The summed E-state index contributed by atoms with van der Waals surface area (Å²) in [6.07, 6.45) is 1.88. The fourth-order valence-corrected chi connectivity index (χ4v) is 2.36. The third-order valence-corrected chi connectivity index (χ3v) is 3.52. The van der Waals surface area contributed by atoms with Crippen LogP contribution >= 0.6 is 0 Å². The second-order valence-corrected chi connectivity index (χ2v) is 5.19. The van der Waals surface area contributed by atoms with Gasteiger partial charge in [-0.1, -0.05) is 6.07 Å². The van der Waals surface area contributed by atoms with Crippen LogP contribution in [-0.4, -0.2) is 29.1 Å². The predicted molar refractivity (Wildman–Crippen MR) is 92.7 cm³/mol. The van der Waals surface area contributed by atoms with Crippen LogP contribution in [0.4, 0.5) is 11.5 Å². The number of benzene rings is 1. The van der Waals surface area contributed by atoms with Crippen molar-refractivity contribution in [3.63, 3.8) is 0 Å². The average Bonchev–Trinajstić information content (AvgIpc) is 2.97. The van der Waals surface area contributed by atoms with E-state index in [2.05, 4.69) is 15.2 Å². The lowest BCUT2D eigenvalue weighted by Crippen LogP contribution is -2.07. The molecule has 0 N–H and O–H groups in total. The van der Waals surface area contributed by atoms with E-state index in [1.807, 2.05) is 36.5 Å². The van der Waals surface area contributed by atoms with Crippen LogP contribution in [0.1, 0.15) is 12.6 Å². The zero-order valence-corrected chi connectivity index (χ0v) is 14.0. The number of aromatic nitrogens is 2. The highest BCUT2D eigenvalue weighted by molar-refractivity contribution is 5.74. The second-order valence-electron chi connectivity index (χ2n) is 5.19. The van der Waals surface area contributed by atoms with Gasteiger partial charge in [0.2, 0.25) is 0 Å². The Kier molecular flexibility index (Phi) is 5.03.